The van der Waals surface area contributed by atoms with E-state index in [4.69, 9.17) is 9.72 Å². The van der Waals surface area contributed by atoms with Crippen LogP contribution in [0.2, 0.25) is 0 Å². The first kappa shape index (κ1) is 26.4. The largest absolute Gasteiger partial charge is 0.481 e. The van der Waals surface area contributed by atoms with Gasteiger partial charge in [0.25, 0.3) is 0 Å². The molecule has 0 aliphatic heterocycles. The first-order valence-corrected chi connectivity index (χ1v) is 13.8. The van der Waals surface area contributed by atoms with Crippen molar-refractivity contribution in [3.63, 3.8) is 0 Å². The number of unbranched alkanes of at least 4 members (excludes halogenated alkanes) is 3. The van der Waals surface area contributed by atoms with Crippen molar-refractivity contribution in [3.05, 3.63) is 106 Å². The first-order valence-electron chi connectivity index (χ1n) is 13.0. The van der Waals surface area contributed by atoms with E-state index < -0.39 is 5.60 Å². The Labute approximate surface area is 223 Å². The van der Waals surface area contributed by atoms with E-state index in [-0.39, 0.29) is 5.92 Å². The Morgan fingerprint density at radius 3 is 2.31 bits per heavy atom. The van der Waals surface area contributed by atoms with Gasteiger partial charge in [0.2, 0.25) is 5.88 Å². The number of aromatic nitrogens is 1. The van der Waals surface area contributed by atoms with E-state index >= 15 is 0 Å². The molecular weight excluding hydrogens is 510 g/mol. The third-order valence-corrected chi connectivity index (χ3v) is 7.59. The van der Waals surface area contributed by atoms with Gasteiger partial charge in [-0.3, -0.25) is 0 Å². The Hall–Kier alpha value is -2.69. The van der Waals surface area contributed by atoms with Crippen LogP contribution in [0.25, 0.3) is 10.9 Å². The second-order valence-electron chi connectivity index (χ2n) is 9.67. The van der Waals surface area contributed by atoms with E-state index in [0.29, 0.717) is 12.3 Å². The van der Waals surface area contributed by atoms with Crippen LogP contribution in [-0.2, 0) is 6.42 Å². The van der Waals surface area contributed by atoms with Gasteiger partial charge in [0.15, 0.2) is 0 Å². The molecule has 0 spiro atoms. The van der Waals surface area contributed by atoms with Gasteiger partial charge in [0, 0.05) is 21.3 Å². The lowest BCUT2D eigenvalue weighted by atomic mass is 9.72. The zero-order valence-corrected chi connectivity index (χ0v) is 22.9. The maximum Gasteiger partial charge on any atom is 0.217 e. The summed E-state index contributed by atoms with van der Waals surface area (Å²) in [6.07, 6.45) is 6.63. The molecule has 1 aromatic heterocycles. The van der Waals surface area contributed by atoms with Crippen LogP contribution in [0.1, 0.15) is 68.1 Å². The second kappa shape index (κ2) is 12.5. The van der Waals surface area contributed by atoms with Gasteiger partial charge in [-0.2, -0.15) is 0 Å². The Bertz CT molecular complexity index is 1250. The van der Waals surface area contributed by atoms with Crippen molar-refractivity contribution in [2.24, 2.45) is 0 Å². The molecule has 4 rings (SSSR count). The number of hydrogen-bond acceptors (Lipinski definition) is 3. The highest BCUT2D eigenvalue weighted by Gasteiger charge is 2.40. The number of aliphatic hydroxyl groups is 1. The van der Waals surface area contributed by atoms with Crippen LogP contribution in [0, 0.1) is 0 Å². The number of pyridine rings is 1. The first-order chi connectivity index (χ1) is 17.5. The molecule has 1 N–H and O–H groups in total. The van der Waals surface area contributed by atoms with Crippen molar-refractivity contribution in [3.8, 4) is 5.88 Å². The topological polar surface area (TPSA) is 42.4 Å². The lowest BCUT2D eigenvalue weighted by Crippen LogP contribution is -2.38. The second-order valence-corrected chi connectivity index (χ2v) is 10.6. The summed E-state index contributed by atoms with van der Waals surface area (Å²) in [5.41, 5.74) is 3.17. The molecule has 36 heavy (non-hydrogen) atoms. The molecular formula is C32H36BrNO2. The summed E-state index contributed by atoms with van der Waals surface area (Å²) in [5.74, 6) is 0.306. The minimum absolute atomic E-state index is 0.269. The average Bonchev–Trinajstić information content (AvgIpc) is 2.91. The minimum atomic E-state index is -0.959. The molecule has 0 bridgehead atoms. The smallest absolute Gasteiger partial charge is 0.217 e. The Kier molecular flexibility index (Phi) is 9.17. The van der Waals surface area contributed by atoms with Gasteiger partial charge < -0.3 is 9.84 Å². The van der Waals surface area contributed by atoms with Crippen molar-refractivity contribution in [1.29, 1.82) is 0 Å². The molecule has 2 unspecified atom stereocenters. The van der Waals surface area contributed by atoms with Crippen molar-refractivity contribution < 1.29 is 9.84 Å². The molecule has 0 fully saturated rings. The van der Waals surface area contributed by atoms with Crippen LogP contribution in [0.15, 0.2) is 89.4 Å². The lowest BCUT2D eigenvalue weighted by molar-refractivity contribution is 0.00377. The number of halogens is 1. The predicted molar refractivity (Wildman–Crippen MR) is 153 cm³/mol. The third-order valence-electron chi connectivity index (χ3n) is 7.10. The minimum Gasteiger partial charge on any atom is -0.481 e. The maximum atomic E-state index is 12.6. The molecule has 0 amide bonds. The molecule has 4 heteroatoms. The molecule has 0 aliphatic carbocycles. The number of aryl methyl sites for hydroxylation is 1. The van der Waals surface area contributed by atoms with E-state index in [0.717, 1.165) is 52.2 Å². The molecule has 0 saturated heterocycles. The number of nitrogens with zero attached hydrogens (tertiary/aromatic N) is 1. The fraction of sp³-hybridized carbons (Fsp3) is 0.344. The van der Waals surface area contributed by atoms with Crippen molar-refractivity contribution in [2.75, 3.05) is 7.11 Å². The number of hydrogen-bond donors (Lipinski definition) is 1. The Morgan fingerprint density at radius 1 is 0.889 bits per heavy atom. The summed E-state index contributed by atoms with van der Waals surface area (Å²) in [6.45, 7) is 2.22. The Balaban J connectivity index is 1.83. The summed E-state index contributed by atoms with van der Waals surface area (Å²) in [7, 11) is 1.67. The van der Waals surface area contributed by atoms with Gasteiger partial charge in [-0.15, -0.1) is 0 Å². The normalized spacial score (nSPS) is 13.9. The summed E-state index contributed by atoms with van der Waals surface area (Å²) >= 11 is 3.61. The van der Waals surface area contributed by atoms with Crippen LogP contribution in [0.3, 0.4) is 0 Å². The number of benzene rings is 3. The molecule has 0 saturated carbocycles. The van der Waals surface area contributed by atoms with Gasteiger partial charge in [-0.25, -0.2) is 4.98 Å². The van der Waals surface area contributed by atoms with E-state index in [1.165, 1.54) is 18.4 Å². The van der Waals surface area contributed by atoms with Gasteiger partial charge in [-0.1, -0.05) is 109 Å². The molecule has 3 aromatic carbocycles. The Morgan fingerprint density at radius 2 is 1.61 bits per heavy atom. The van der Waals surface area contributed by atoms with Crippen LogP contribution in [0.4, 0.5) is 0 Å². The zero-order valence-electron chi connectivity index (χ0n) is 21.3. The van der Waals surface area contributed by atoms with Gasteiger partial charge in [0.05, 0.1) is 18.2 Å². The van der Waals surface area contributed by atoms with Crippen LogP contribution < -0.4 is 4.74 Å². The highest BCUT2D eigenvalue weighted by Crippen LogP contribution is 2.45. The summed E-state index contributed by atoms with van der Waals surface area (Å²) in [5, 5.41) is 13.6. The molecule has 2 atom stereocenters. The van der Waals surface area contributed by atoms with Crippen molar-refractivity contribution in [1.82, 2.24) is 4.98 Å². The summed E-state index contributed by atoms with van der Waals surface area (Å²) < 4.78 is 6.86. The average molecular weight is 547 g/mol. The van der Waals surface area contributed by atoms with Gasteiger partial charge in [-0.05, 0) is 54.7 Å². The van der Waals surface area contributed by atoms with Crippen LogP contribution in [0.5, 0.6) is 5.88 Å². The summed E-state index contributed by atoms with van der Waals surface area (Å²) in [6, 6.07) is 29.1. The highest BCUT2D eigenvalue weighted by atomic mass is 79.9. The number of methoxy groups -OCH3 is 1. The van der Waals surface area contributed by atoms with E-state index in [1.807, 2.05) is 24.3 Å². The number of rotatable bonds is 12. The van der Waals surface area contributed by atoms with Crippen LogP contribution in [-0.4, -0.2) is 22.8 Å². The van der Waals surface area contributed by atoms with Gasteiger partial charge in [0.1, 0.15) is 0 Å². The third kappa shape index (κ3) is 6.35. The molecule has 188 valence electrons. The van der Waals surface area contributed by atoms with Crippen LogP contribution >= 0.6 is 15.9 Å². The van der Waals surface area contributed by atoms with E-state index in [2.05, 4.69) is 83.5 Å². The quantitative estimate of drug-likeness (QED) is 0.181. The zero-order chi connectivity index (χ0) is 25.4. The lowest BCUT2D eigenvalue weighted by Gasteiger charge is -2.38. The van der Waals surface area contributed by atoms with Crippen molar-refractivity contribution >= 4 is 26.8 Å². The fourth-order valence-electron chi connectivity index (χ4n) is 5.22. The molecule has 3 nitrogen and oxygen atoms in total. The fourth-order valence-corrected chi connectivity index (χ4v) is 5.60. The van der Waals surface area contributed by atoms with Crippen molar-refractivity contribution in [2.45, 2.75) is 63.4 Å². The van der Waals surface area contributed by atoms with E-state index in [9.17, 15) is 5.11 Å². The monoisotopic (exact) mass is 545 g/mol. The molecule has 0 aliphatic rings. The maximum absolute atomic E-state index is 12.6. The predicted octanol–water partition coefficient (Wildman–Crippen LogP) is 8.47. The number of ether oxygens (including phenoxy) is 1. The molecule has 1 heterocycles. The van der Waals surface area contributed by atoms with E-state index in [1.54, 1.807) is 7.11 Å². The van der Waals surface area contributed by atoms with Gasteiger partial charge >= 0.3 is 0 Å². The highest BCUT2D eigenvalue weighted by molar-refractivity contribution is 9.10. The standard InChI is InChI=1S/C32H36BrNO2/c1-3-4-5-12-20-32(35,21-19-24-13-8-6-9-14-24)30(25-15-10-7-11-16-25)28-23-26-22-27(33)17-18-29(26)34-31(28)36-2/h6-11,13-18,22-23,30,35H,3-5,12,19-21H2,1-2H3. The molecule has 4 aromatic rings. The number of fused-ring (bicyclic) bond motifs is 1. The molecule has 0 radical (unpaired) electrons. The summed E-state index contributed by atoms with van der Waals surface area (Å²) in [4.78, 5) is 4.87. The SMILES string of the molecule is CCCCCCC(O)(CCc1ccccc1)C(c1ccccc1)c1cc2cc(Br)ccc2nc1OC.